The van der Waals surface area contributed by atoms with Crippen molar-refractivity contribution in [2.75, 3.05) is 10.6 Å². The van der Waals surface area contributed by atoms with Crippen LogP contribution in [-0.2, 0) is 4.74 Å². The largest absolute Gasteiger partial charge is 0.543 e. The van der Waals surface area contributed by atoms with Crippen molar-refractivity contribution in [1.82, 2.24) is 14.8 Å². The SMILES string of the molecule is Cc1ccc(O[Si](C)(C)C(C)(C)C)c(C)c1NC(=O)c1cnc(Nc2nn(C(=O)OC(C)(C)C)cc2Br)s1. The Morgan fingerprint density at radius 3 is 2.37 bits per heavy atom. The van der Waals surface area contributed by atoms with Gasteiger partial charge in [0.05, 0.1) is 22.6 Å². The Hall–Kier alpha value is -2.70. The van der Waals surface area contributed by atoms with Crippen LogP contribution in [0.1, 0.15) is 62.3 Å². The number of carbonyl (C=O) groups is 2. The van der Waals surface area contributed by atoms with Crippen LogP contribution in [0.25, 0.3) is 0 Å². The number of thiazole rings is 1. The number of aromatic nitrogens is 3. The van der Waals surface area contributed by atoms with Gasteiger partial charge < -0.3 is 19.8 Å². The van der Waals surface area contributed by atoms with Crippen LogP contribution in [0.2, 0.25) is 18.1 Å². The summed E-state index contributed by atoms with van der Waals surface area (Å²) in [5.41, 5.74) is 1.92. The summed E-state index contributed by atoms with van der Waals surface area (Å²) in [5, 5.41) is 10.8. The minimum Gasteiger partial charge on any atom is -0.543 e. The molecule has 0 saturated heterocycles. The lowest BCUT2D eigenvalue weighted by Gasteiger charge is -2.37. The van der Waals surface area contributed by atoms with E-state index in [9.17, 15) is 9.59 Å². The van der Waals surface area contributed by atoms with E-state index in [4.69, 9.17) is 9.16 Å². The number of anilines is 3. The number of nitrogens with one attached hydrogen (secondary N) is 2. The molecule has 0 fully saturated rings. The van der Waals surface area contributed by atoms with Gasteiger partial charge in [0.2, 0.25) is 8.32 Å². The fourth-order valence-corrected chi connectivity index (χ4v) is 5.27. The highest BCUT2D eigenvalue weighted by Crippen LogP contribution is 2.40. The second kappa shape index (κ2) is 10.8. The molecule has 1 aromatic carbocycles. The van der Waals surface area contributed by atoms with Gasteiger partial charge in [-0.15, -0.1) is 5.10 Å². The average molecular weight is 623 g/mol. The molecule has 0 saturated carbocycles. The molecule has 1 amide bonds. The van der Waals surface area contributed by atoms with E-state index in [1.807, 2.05) is 26.0 Å². The fraction of sp³-hybridized carbons (Fsp3) is 0.462. The molecule has 0 aliphatic rings. The van der Waals surface area contributed by atoms with E-state index in [1.54, 1.807) is 20.8 Å². The first kappa shape index (κ1) is 29.8. The Morgan fingerprint density at radius 2 is 1.76 bits per heavy atom. The molecule has 12 heteroatoms. The standard InChI is InChI=1S/C26H36BrN5O4SSi/c1-15-11-12-18(36-38(9,10)26(6,7)8)16(2)20(15)29-22(33)19-13-28-23(37-19)30-21-17(27)14-32(31-21)24(34)35-25(3,4)5/h11-14H,1-10H3,(H,29,33)(H,28,30,31). The Balaban J connectivity index is 1.75. The van der Waals surface area contributed by atoms with Crippen molar-refractivity contribution in [3.05, 3.63) is 45.0 Å². The molecule has 2 heterocycles. The van der Waals surface area contributed by atoms with Crippen LogP contribution in [0.3, 0.4) is 0 Å². The molecule has 0 radical (unpaired) electrons. The zero-order valence-electron chi connectivity index (χ0n) is 23.6. The van der Waals surface area contributed by atoms with E-state index < -0.39 is 20.0 Å². The van der Waals surface area contributed by atoms with Gasteiger partial charge in [-0.05, 0) is 80.3 Å². The van der Waals surface area contributed by atoms with Crippen molar-refractivity contribution in [2.45, 2.75) is 79.1 Å². The van der Waals surface area contributed by atoms with E-state index in [-0.39, 0.29) is 10.9 Å². The quantitative estimate of drug-likeness (QED) is 0.269. The molecule has 0 aliphatic carbocycles. The Labute approximate surface area is 237 Å². The monoisotopic (exact) mass is 621 g/mol. The van der Waals surface area contributed by atoms with Crippen molar-refractivity contribution in [1.29, 1.82) is 0 Å². The normalized spacial score (nSPS) is 12.3. The third-order valence-corrected chi connectivity index (χ3v) is 12.1. The number of benzene rings is 1. The molecule has 0 bridgehead atoms. The van der Waals surface area contributed by atoms with Gasteiger partial charge in [-0.2, -0.15) is 4.68 Å². The first-order valence-corrected chi connectivity index (χ1v) is 16.7. The zero-order valence-corrected chi connectivity index (χ0v) is 27.0. The predicted molar refractivity (Wildman–Crippen MR) is 159 cm³/mol. The van der Waals surface area contributed by atoms with Crippen LogP contribution in [-0.4, -0.2) is 40.7 Å². The summed E-state index contributed by atoms with van der Waals surface area (Å²) in [6.45, 7) is 20.3. The number of amides is 1. The second-order valence-corrected chi connectivity index (χ2v) is 18.2. The number of rotatable bonds is 6. The molecule has 38 heavy (non-hydrogen) atoms. The van der Waals surface area contributed by atoms with E-state index in [0.717, 1.165) is 27.2 Å². The number of aryl methyl sites for hydroxylation is 1. The average Bonchev–Trinajstić information content (AvgIpc) is 3.38. The van der Waals surface area contributed by atoms with Gasteiger partial charge in [0.1, 0.15) is 16.2 Å². The smallest absolute Gasteiger partial charge is 0.435 e. The van der Waals surface area contributed by atoms with E-state index in [2.05, 4.69) is 70.5 Å². The Kier molecular flexibility index (Phi) is 8.49. The van der Waals surface area contributed by atoms with Crippen LogP contribution in [0.4, 0.5) is 21.4 Å². The maximum absolute atomic E-state index is 13.1. The maximum atomic E-state index is 13.1. The molecule has 0 atom stereocenters. The minimum atomic E-state index is -2.05. The van der Waals surface area contributed by atoms with Gasteiger partial charge in [-0.1, -0.05) is 38.2 Å². The van der Waals surface area contributed by atoms with Crippen molar-refractivity contribution >= 4 is 64.2 Å². The van der Waals surface area contributed by atoms with Crippen LogP contribution in [0, 0.1) is 13.8 Å². The van der Waals surface area contributed by atoms with Gasteiger partial charge in [0, 0.05) is 5.56 Å². The summed E-state index contributed by atoms with van der Waals surface area (Å²) in [6.07, 6.45) is 2.40. The summed E-state index contributed by atoms with van der Waals surface area (Å²) >= 11 is 4.57. The van der Waals surface area contributed by atoms with Crippen LogP contribution >= 0.6 is 27.3 Å². The molecule has 0 spiro atoms. The van der Waals surface area contributed by atoms with Gasteiger partial charge in [0.25, 0.3) is 5.91 Å². The van der Waals surface area contributed by atoms with Gasteiger partial charge in [-0.25, -0.2) is 9.78 Å². The van der Waals surface area contributed by atoms with Gasteiger partial charge >= 0.3 is 6.09 Å². The van der Waals surface area contributed by atoms with E-state index in [0.29, 0.717) is 20.3 Å². The first-order chi connectivity index (χ1) is 17.4. The van der Waals surface area contributed by atoms with Crippen molar-refractivity contribution in [3.63, 3.8) is 0 Å². The molecular weight excluding hydrogens is 586 g/mol. The van der Waals surface area contributed by atoms with Gasteiger partial charge in [-0.3, -0.25) is 4.79 Å². The number of ether oxygens (including phenoxy) is 1. The Morgan fingerprint density at radius 1 is 1.11 bits per heavy atom. The van der Waals surface area contributed by atoms with Gasteiger partial charge in [0.15, 0.2) is 10.9 Å². The van der Waals surface area contributed by atoms with E-state index >= 15 is 0 Å². The van der Waals surface area contributed by atoms with Crippen molar-refractivity contribution < 1.29 is 18.8 Å². The maximum Gasteiger partial charge on any atom is 0.435 e. The molecule has 3 rings (SSSR count). The summed E-state index contributed by atoms with van der Waals surface area (Å²) < 4.78 is 13.5. The summed E-state index contributed by atoms with van der Waals surface area (Å²) in [6, 6.07) is 3.94. The topological polar surface area (TPSA) is 107 Å². The van der Waals surface area contributed by atoms with E-state index in [1.165, 1.54) is 23.7 Å². The lowest BCUT2D eigenvalue weighted by atomic mass is 10.1. The number of carbonyl (C=O) groups excluding carboxylic acids is 2. The van der Waals surface area contributed by atoms with Crippen LogP contribution < -0.4 is 15.1 Å². The third kappa shape index (κ3) is 7.03. The van der Waals surface area contributed by atoms with Crippen LogP contribution in [0.15, 0.2) is 29.0 Å². The number of hydrogen-bond acceptors (Lipinski definition) is 8. The highest BCUT2D eigenvalue weighted by atomic mass is 79.9. The number of halogens is 1. The first-order valence-electron chi connectivity index (χ1n) is 12.2. The predicted octanol–water partition coefficient (Wildman–Crippen LogP) is 7.88. The highest BCUT2D eigenvalue weighted by Gasteiger charge is 2.39. The highest BCUT2D eigenvalue weighted by molar-refractivity contribution is 9.10. The summed E-state index contributed by atoms with van der Waals surface area (Å²) in [7, 11) is -2.05. The Bertz CT molecular complexity index is 1350. The molecule has 0 unspecified atom stereocenters. The van der Waals surface area contributed by atoms with Crippen LogP contribution in [0.5, 0.6) is 5.75 Å². The number of nitrogens with zero attached hydrogens (tertiary/aromatic N) is 3. The molecular formula is C26H36BrN5O4SSi. The summed E-state index contributed by atoms with van der Waals surface area (Å²) in [4.78, 5) is 30.2. The molecule has 9 nitrogen and oxygen atoms in total. The fourth-order valence-electron chi connectivity index (χ4n) is 3.11. The van der Waals surface area contributed by atoms with Crippen molar-refractivity contribution in [2.24, 2.45) is 0 Å². The minimum absolute atomic E-state index is 0.0531. The second-order valence-electron chi connectivity index (χ2n) is 11.6. The zero-order chi connectivity index (χ0) is 28.6. The summed E-state index contributed by atoms with van der Waals surface area (Å²) in [5.74, 6) is 0.887. The molecule has 2 N–H and O–H groups in total. The molecule has 0 aliphatic heterocycles. The lowest BCUT2D eigenvalue weighted by Crippen LogP contribution is -2.44. The lowest BCUT2D eigenvalue weighted by molar-refractivity contribution is 0.0514. The molecule has 206 valence electrons. The molecule has 3 aromatic rings. The molecule has 2 aromatic heterocycles. The van der Waals surface area contributed by atoms with Crippen molar-refractivity contribution in [3.8, 4) is 5.75 Å². The third-order valence-electron chi connectivity index (χ3n) is 6.24. The number of hydrogen-bond donors (Lipinski definition) is 2.